The average Bonchev–Trinajstić information content (AvgIpc) is 2.38. The Kier molecular flexibility index (Phi) is 11.6. The van der Waals surface area contributed by atoms with Gasteiger partial charge in [-0.3, -0.25) is 9.59 Å². The Labute approximate surface area is 126 Å². The van der Waals surface area contributed by atoms with Crippen molar-refractivity contribution in [1.29, 1.82) is 0 Å². The lowest BCUT2D eigenvalue weighted by molar-refractivity contribution is -0.137. The van der Waals surface area contributed by atoms with Crippen molar-refractivity contribution < 1.29 is 30.0 Å². The van der Waals surface area contributed by atoms with Crippen LogP contribution in [-0.2, 0) is 9.59 Å². The molecule has 0 heterocycles. The first-order valence-corrected chi connectivity index (χ1v) is 6.21. The predicted molar refractivity (Wildman–Crippen MR) is 75.6 cm³/mol. The Hall–Kier alpha value is -1.66. The van der Waals surface area contributed by atoms with Gasteiger partial charge in [-0.05, 0) is 0 Å². The van der Waals surface area contributed by atoms with Crippen molar-refractivity contribution in [2.24, 2.45) is 0 Å². The molecule has 114 valence electrons. The van der Waals surface area contributed by atoms with Gasteiger partial charge in [-0.15, -0.1) is 0 Å². The topological polar surface area (TPSA) is 115 Å². The van der Waals surface area contributed by atoms with Crippen LogP contribution in [0.1, 0.15) is 26.7 Å². The van der Waals surface area contributed by atoms with E-state index in [2.05, 4.69) is 0 Å². The number of aromatic hydroxyl groups is 2. The average molecular weight is 327 g/mol. The molecule has 0 aromatic heterocycles. The van der Waals surface area contributed by atoms with E-state index >= 15 is 0 Å². The molecule has 0 fully saturated rings. The number of aliphatic carboxylic acids is 2. The summed E-state index contributed by atoms with van der Waals surface area (Å²) < 4.78 is 0. The smallest absolute Gasteiger partial charge is 0.303 e. The van der Waals surface area contributed by atoms with Crippen LogP contribution >= 0.6 is 23.2 Å². The van der Waals surface area contributed by atoms with Gasteiger partial charge in [0.05, 0.1) is 10.0 Å². The highest BCUT2D eigenvalue weighted by Crippen LogP contribution is 2.33. The zero-order chi connectivity index (χ0) is 16.3. The molecule has 0 saturated heterocycles. The van der Waals surface area contributed by atoms with Crippen LogP contribution in [0.3, 0.4) is 0 Å². The molecule has 1 rings (SSSR count). The number of hydrogen-bond donors (Lipinski definition) is 4. The Bertz CT molecular complexity index is 384. The van der Waals surface area contributed by atoms with Gasteiger partial charge in [0, 0.05) is 25.0 Å². The van der Waals surface area contributed by atoms with Crippen LogP contribution in [0.4, 0.5) is 0 Å². The molecule has 4 N–H and O–H groups in total. The fourth-order valence-electron chi connectivity index (χ4n) is 0.526. The molecule has 0 spiro atoms. The van der Waals surface area contributed by atoms with Gasteiger partial charge in [0.15, 0.2) is 0 Å². The monoisotopic (exact) mass is 326 g/mol. The van der Waals surface area contributed by atoms with Gasteiger partial charge in [0.1, 0.15) is 11.5 Å². The fraction of sp³-hybridized carbons (Fsp3) is 0.333. The van der Waals surface area contributed by atoms with Crippen LogP contribution in [0.25, 0.3) is 0 Å². The number of phenolic OH excluding ortho intramolecular Hbond substituents is 2. The van der Waals surface area contributed by atoms with E-state index in [-0.39, 0.29) is 34.4 Å². The lowest BCUT2D eigenvalue weighted by Crippen LogP contribution is -1.86. The van der Waals surface area contributed by atoms with Crippen molar-refractivity contribution in [3.8, 4) is 11.5 Å². The van der Waals surface area contributed by atoms with Gasteiger partial charge < -0.3 is 20.4 Å². The quantitative estimate of drug-likeness (QED) is 0.619. The van der Waals surface area contributed by atoms with Crippen LogP contribution in [0.2, 0.25) is 10.0 Å². The predicted octanol–water partition coefficient (Wildman–Crippen LogP) is 3.37. The largest absolute Gasteiger partial charge is 0.506 e. The molecule has 0 aliphatic rings. The normalized spacial score (nSPS) is 8.60. The lowest BCUT2D eigenvalue weighted by Gasteiger charge is -1.98. The molecule has 0 atom stereocenters. The minimum atomic E-state index is -0.745. The highest BCUT2D eigenvalue weighted by molar-refractivity contribution is 6.35. The van der Waals surface area contributed by atoms with Gasteiger partial charge in [0.25, 0.3) is 0 Å². The number of phenols is 2. The van der Waals surface area contributed by atoms with Crippen molar-refractivity contribution in [2.45, 2.75) is 26.7 Å². The Morgan fingerprint density at radius 3 is 1.25 bits per heavy atom. The third kappa shape index (κ3) is 11.4. The molecule has 0 radical (unpaired) electrons. The number of carboxylic acid groups (broad SMARTS) is 2. The molecule has 0 aliphatic carbocycles. The molecule has 0 amide bonds. The van der Waals surface area contributed by atoms with E-state index in [0.29, 0.717) is 0 Å². The van der Waals surface area contributed by atoms with E-state index in [1.165, 1.54) is 12.1 Å². The maximum absolute atomic E-state index is 9.37. The van der Waals surface area contributed by atoms with E-state index in [1.807, 2.05) is 0 Å². The summed E-state index contributed by atoms with van der Waals surface area (Å²) in [5.74, 6) is -1.76. The van der Waals surface area contributed by atoms with Crippen LogP contribution in [0.5, 0.6) is 11.5 Å². The highest BCUT2D eigenvalue weighted by atomic mass is 35.5. The SMILES string of the molecule is CCC(=O)O.CCC(=O)O.Oc1cc(Cl)c(O)cc1Cl. The minimum absolute atomic E-state index is 0.0851. The van der Waals surface area contributed by atoms with Gasteiger partial charge in [-0.2, -0.15) is 0 Å². The van der Waals surface area contributed by atoms with Crippen LogP contribution in [0.15, 0.2) is 12.1 Å². The molecule has 0 saturated carbocycles. The number of hydrogen-bond acceptors (Lipinski definition) is 4. The fourth-order valence-corrected chi connectivity index (χ4v) is 0.842. The molecular formula is C12H16Cl2O6. The molecule has 0 aliphatic heterocycles. The molecule has 0 unspecified atom stereocenters. The highest BCUT2D eigenvalue weighted by Gasteiger charge is 2.03. The summed E-state index contributed by atoms with van der Waals surface area (Å²) in [5.41, 5.74) is 0. The summed E-state index contributed by atoms with van der Waals surface area (Å²) in [5, 5.41) is 33.4. The van der Waals surface area contributed by atoms with Gasteiger partial charge >= 0.3 is 11.9 Å². The summed E-state index contributed by atoms with van der Waals surface area (Å²) in [6.45, 7) is 3.20. The molecule has 8 heteroatoms. The maximum Gasteiger partial charge on any atom is 0.303 e. The van der Waals surface area contributed by atoms with Crippen molar-refractivity contribution in [3.05, 3.63) is 22.2 Å². The molecule has 6 nitrogen and oxygen atoms in total. The summed E-state index contributed by atoms with van der Waals surface area (Å²) >= 11 is 10.8. The van der Waals surface area contributed by atoms with Crippen molar-refractivity contribution in [2.75, 3.05) is 0 Å². The number of halogens is 2. The number of rotatable bonds is 2. The number of carboxylic acids is 2. The van der Waals surface area contributed by atoms with Crippen LogP contribution < -0.4 is 0 Å². The molecule has 1 aromatic carbocycles. The summed E-state index contributed by atoms with van der Waals surface area (Å²) in [6.07, 6.45) is 0.444. The lowest BCUT2D eigenvalue weighted by atomic mass is 10.3. The maximum atomic E-state index is 9.37. The van der Waals surface area contributed by atoms with Crippen molar-refractivity contribution in [1.82, 2.24) is 0 Å². The van der Waals surface area contributed by atoms with E-state index in [1.54, 1.807) is 13.8 Å². The van der Waals surface area contributed by atoms with Gasteiger partial charge in [-0.25, -0.2) is 0 Å². The van der Waals surface area contributed by atoms with E-state index < -0.39 is 11.9 Å². The second-order valence-electron chi connectivity index (χ2n) is 3.25. The van der Waals surface area contributed by atoms with Crippen molar-refractivity contribution in [3.63, 3.8) is 0 Å². The van der Waals surface area contributed by atoms with Crippen LogP contribution in [-0.4, -0.2) is 32.4 Å². The minimum Gasteiger partial charge on any atom is -0.506 e. The second-order valence-corrected chi connectivity index (χ2v) is 4.06. The third-order valence-corrected chi connectivity index (χ3v) is 2.23. The standard InChI is InChI=1S/C6H4Cl2O2.2C3H6O2/c7-3-1-5(9)4(8)2-6(3)10;2*1-2-3(4)5/h1-2,9-10H;2*2H2,1H3,(H,4,5). The van der Waals surface area contributed by atoms with E-state index in [4.69, 9.17) is 43.6 Å². The van der Waals surface area contributed by atoms with E-state index in [0.717, 1.165) is 0 Å². The molecular weight excluding hydrogens is 311 g/mol. The Morgan fingerprint density at radius 2 is 1.10 bits per heavy atom. The van der Waals surface area contributed by atoms with Crippen molar-refractivity contribution >= 4 is 35.1 Å². The summed E-state index contributed by atoms with van der Waals surface area (Å²) in [6, 6.07) is 2.36. The third-order valence-electron chi connectivity index (χ3n) is 1.62. The second kappa shape index (κ2) is 11.2. The molecule has 0 bridgehead atoms. The zero-order valence-corrected chi connectivity index (χ0v) is 12.4. The van der Waals surface area contributed by atoms with Gasteiger partial charge in [0.2, 0.25) is 0 Å². The van der Waals surface area contributed by atoms with Crippen LogP contribution in [0, 0.1) is 0 Å². The molecule has 20 heavy (non-hydrogen) atoms. The Morgan fingerprint density at radius 1 is 0.900 bits per heavy atom. The first-order chi connectivity index (χ1) is 9.15. The zero-order valence-electron chi connectivity index (χ0n) is 10.9. The first kappa shape index (κ1) is 20.7. The Balaban J connectivity index is 0. The molecule has 1 aromatic rings. The summed E-state index contributed by atoms with van der Waals surface area (Å²) in [7, 11) is 0. The number of carbonyl (C=O) groups is 2. The number of benzene rings is 1. The van der Waals surface area contributed by atoms with Gasteiger partial charge in [-0.1, -0.05) is 37.0 Å². The summed E-state index contributed by atoms with van der Waals surface area (Å²) in [4.78, 5) is 18.7. The van der Waals surface area contributed by atoms with E-state index in [9.17, 15) is 9.59 Å². The first-order valence-electron chi connectivity index (χ1n) is 5.46.